The lowest BCUT2D eigenvalue weighted by molar-refractivity contribution is 0.533. The number of aromatic nitrogens is 4. The fraction of sp³-hybridized carbons (Fsp3) is 0.435. The van der Waals surface area contributed by atoms with Crippen LogP contribution in [0.5, 0.6) is 0 Å². The van der Waals surface area contributed by atoms with E-state index in [0.29, 0.717) is 23.4 Å². The highest BCUT2D eigenvalue weighted by atomic mass is 32.2. The van der Waals surface area contributed by atoms with Gasteiger partial charge in [-0.2, -0.15) is 10.1 Å². The number of aryl methyl sites for hydroxylation is 3. The van der Waals surface area contributed by atoms with E-state index in [1.54, 1.807) is 10.9 Å². The van der Waals surface area contributed by atoms with E-state index in [4.69, 9.17) is 9.97 Å². The van der Waals surface area contributed by atoms with E-state index in [1.807, 2.05) is 12.3 Å². The van der Waals surface area contributed by atoms with Gasteiger partial charge in [0.05, 0.1) is 16.5 Å². The highest BCUT2D eigenvalue weighted by Gasteiger charge is 2.41. The first-order chi connectivity index (χ1) is 15.2. The SMILES string of the molecule is O=S1CCc2nc(N3C[C@H]4CN(c5ccc6c(c5)CC6)C[C@H]4C3)nc(-n3cccn3)c21. The molecule has 3 aliphatic heterocycles. The summed E-state index contributed by atoms with van der Waals surface area (Å²) in [6.45, 7) is 4.15. The number of nitrogens with zero attached hydrogens (tertiary/aromatic N) is 6. The van der Waals surface area contributed by atoms with Crippen molar-refractivity contribution in [3.8, 4) is 5.82 Å². The fourth-order valence-electron chi connectivity index (χ4n) is 5.60. The van der Waals surface area contributed by atoms with Gasteiger partial charge in [0.1, 0.15) is 4.90 Å². The fourth-order valence-corrected chi connectivity index (χ4v) is 6.94. The summed E-state index contributed by atoms with van der Waals surface area (Å²) in [5.41, 5.74) is 5.37. The van der Waals surface area contributed by atoms with Crippen LogP contribution in [0.3, 0.4) is 0 Å². The predicted octanol–water partition coefficient (Wildman–Crippen LogP) is 2.00. The van der Waals surface area contributed by atoms with E-state index < -0.39 is 10.8 Å². The molecule has 1 aliphatic carbocycles. The Kier molecular flexibility index (Phi) is 3.82. The first-order valence-corrected chi connectivity index (χ1v) is 12.5. The Hall–Kier alpha value is -2.74. The van der Waals surface area contributed by atoms with Gasteiger partial charge >= 0.3 is 0 Å². The molecule has 7 nitrogen and oxygen atoms in total. The normalized spacial score (nSPS) is 26.0. The Morgan fingerprint density at radius 3 is 2.45 bits per heavy atom. The van der Waals surface area contributed by atoms with Gasteiger partial charge in [0, 0.05) is 68.3 Å². The molecule has 7 rings (SSSR count). The molecule has 0 radical (unpaired) electrons. The Morgan fingerprint density at radius 1 is 0.935 bits per heavy atom. The molecule has 158 valence electrons. The van der Waals surface area contributed by atoms with Gasteiger partial charge in [0.25, 0.3) is 0 Å². The number of hydrogen-bond donors (Lipinski definition) is 0. The quantitative estimate of drug-likeness (QED) is 0.631. The third-order valence-corrected chi connectivity index (χ3v) is 8.82. The van der Waals surface area contributed by atoms with Gasteiger partial charge in [-0.15, -0.1) is 0 Å². The largest absolute Gasteiger partial charge is 0.371 e. The molecule has 4 aliphatic rings. The summed E-state index contributed by atoms with van der Waals surface area (Å²) in [6, 6.07) is 8.89. The molecule has 5 heterocycles. The summed E-state index contributed by atoms with van der Waals surface area (Å²) in [6.07, 6.45) is 6.82. The summed E-state index contributed by atoms with van der Waals surface area (Å²) in [4.78, 5) is 15.4. The molecule has 0 saturated carbocycles. The summed E-state index contributed by atoms with van der Waals surface area (Å²) < 4.78 is 14.3. The van der Waals surface area contributed by atoms with Crippen molar-refractivity contribution in [3.63, 3.8) is 0 Å². The van der Waals surface area contributed by atoms with E-state index in [1.165, 1.54) is 29.7 Å². The standard InChI is InChI=1S/C23H24N6OS/c30-31-9-6-20-21(31)22(29-8-1-7-24-29)26-23(25-20)28-13-17-11-27(12-18(17)14-28)19-5-4-15-2-3-16(15)10-19/h1,4-5,7-8,10,17-18H,2-3,6,9,11-14H2/t17-,18+,31?. The average molecular weight is 433 g/mol. The Morgan fingerprint density at radius 2 is 1.74 bits per heavy atom. The summed E-state index contributed by atoms with van der Waals surface area (Å²) in [5.74, 6) is 3.34. The summed E-state index contributed by atoms with van der Waals surface area (Å²) in [7, 11) is -1.04. The zero-order chi connectivity index (χ0) is 20.5. The maximum Gasteiger partial charge on any atom is 0.227 e. The molecule has 8 heteroatoms. The van der Waals surface area contributed by atoms with Crippen molar-refractivity contribution < 1.29 is 4.21 Å². The second-order valence-electron chi connectivity index (χ2n) is 9.16. The van der Waals surface area contributed by atoms with Gasteiger partial charge < -0.3 is 9.80 Å². The zero-order valence-electron chi connectivity index (χ0n) is 17.3. The highest BCUT2D eigenvalue weighted by molar-refractivity contribution is 7.85. The van der Waals surface area contributed by atoms with Gasteiger partial charge in [-0.3, -0.25) is 4.21 Å². The molecule has 2 aromatic heterocycles. The van der Waals surface area contributed by atoms with Gasteiger partial charge in [0.2, 0.25) is 5.95 Å². The first-order valence-electron chi connectivity index (χ1n) is 11.1. The zero-order valence-corrected chi connectivity index (χ0v) is 18.1. The molecule has 1 unspecified atom stereocenters. The van der Waals surface area contributed by atoms with Gasteiger partial charge in [-0.05, 0) is 42.2 Å². The average Bonchev–Trinajstić information content (AvgIpc) is 3.52. The van der Waals surface area contributed by atoms with Crippen molar-refractivity contribution in [3.05, 3.63) is 53.5 Å². The molecule has 1 aromatic carbocycles. The Balaban J connectivity index is 1.15. The third-order valence-electron chi connectivity index (χ3n) is 7.37. The molecule has 31 heavy (non-hydrogen) atoms. The molecule has 3 atom stereocenters. The second-order valence-corrected chi connectivity index (χ2v) is 10.7. The molecule has 0 bridgehead atoms. The summed E-state index contributed by atoms with van der Waals surface area (Å²) >= 11 is 0. The maximum atomic E-state index is 12.6. The van der Waals surface area contributed by atoms with Crippen molar-refractivity contribution in [1.29, 1.82) is 0 Å². The van der Waals surface area contributed by atoms with Gasteiger partial charge in [-0.1, -0.05) is 6.07 Å². The van der Waals surface area contributed by atoms with Crippen LogP contribution in [-0.2, 0) is 30.1 Å². The van der Waals surface area contributed by atoms with Crippen LogP contribution in [0.15, 0.2) is 41.6 Å². The molecule has 0 spiro atoms. The van der Waals surface area contributed by atoms with Crippen LogP contribution in [0.25, 0.3) is 5.82 Å². The third kappa shape index (κ3) is 2.77. The van der Waals surface area contributed by atoms with E-state index in [0.717, 1.165) is 49.1 Å². The van der Waals surface area contributed by atoms with Crippen LogP contribution in [0.2, 0.25) is 0 Å². The van der Waals surface area contributed by atoms with E-state index in [2.05, 4.69) is 33.1 Å². The molecule has 3 aromatic rings. The number of rotatable bonds is 3. The molecule has 0 N–H and O–H groups in total. The van der Waals surface area contributed by atoms with Crippen molar-refractivity contribution in [1.82, 2.24) is 19.7 Å². The molecule has 2 saturated heterocycles. The maximum absolute atomic E-state index is 12.6. The van der Waals surface area contributed by atoms with Crippen LogP contribution >= 0.6 is 0 Å². The number of benzene rings is 1. The minimum atomic E-state index is -1.04. The smallest absolute Gasteiger partial charge is 0.227 e. The van der Waals surface area contributed by atoms with Crippen LogP contribution in [0, 0.1) is 11.8 Å². The molecule has 2 fully saturated rings. The second kappa shape index (κ2) is 6.63. The number of fused-ring (bicyclic) bond motifs is 3. The minimum absolute atomic E-state index is 0.628. The van der Waals surface area contributed by atoms with Crippen LogP contribution in [-0.4, -0.2) is 55.9 Å². The summed E-state index contributed by atoms with van der Waals surface area (Å²) in [5, 5.41) is 4.35. The van der Waals surface area contributed by atoms with Crippen molar-refractivity contribution in [2.75, 3.05) is 41.7 Å². The number of hydrogen-bond acceptors (Lipinski definition) is 6. The van der Waals surface area contributed by atoms with E-state index in [-0.39, 0.29) is 0 Å². The van der Waals surface area contributed by atoms with Gasteiger partial charge in [0.15, 0.2) is 5.82 Å². The predicted molar refractivity (Wildman–Crippen MR) is 119 cm³/mol. The molecular weight excluding hydrogens is 408 g/mol. The Labute approximate surface area is 183 Å². The monoisotopic (exact) mass is 432 g/mol. The van der Waals surface area contributed by atoms with Crippen LogP contribution < -0.4 is 9.80 Å². The lowest BCUT2D eigenvalue weighted by Crippen LogP contribution is -2.30. The Bertz CT molecular complexity index is 1200. The minimum Gasteiger partial charge on any atom is -0.371 e. The topological polar surface area (TPSA) is 67.2 Å². The van der Waals surface area contributed by atoms with Crippen LogP contribution in [0.1, 0.15) is 16.8 Å². The van der Waals surface area contributed by atoms with Crippen molar-refractivity contribution in [2.45, 2.75) is 24.2 Å². The van der Waals surface area contributed by atoms with E-state index >= 15 is 0 Å². The van der Waals surface area contributed by atoms with Crippen molar-refractivity contribution >= 4 is 22.4 Å². The first kappa shape index (κ1) is 17.9. The van der Waals surface area contributed by atoms with Crippen LogP contribution in [0.4, 0.5) is 11.6 Å². The van der Waals surface area contributed by atoms with Gasteiger partial charge in [-0.25, -0.2) is 9.67 Å². The lowest BCUT2D eigenvalue weighted by atomic mass is 9.88. The van der Waals surface area contributed by atoms with Crippen molar-refractivity contribution in [2.24, 2.45) is 11.8 Å². The molecule has 0 amide bonds. The highest BCUT2D eigenvalue weighted by Crippen LogP contribution is 2.38. The molecular formula is C23H24N6OS. The van der Waals surface area contributed by atoms with E-state index in [9.17, 15) is 4.21 Å². The lowest BCUT2D eigenvalue weighted by Gasteiger charge is -2.26. The number of anilines is 2.